The lowest BCUT2D eigenvalue weighted by atomic mass is 10.2. The Hall–Kier alpha value is -2.41. The predicted octanol–water partition coefficient (Wildman–Crippen LogP) is 2.94. The zero-order chi connectivity index (χ0) is 14.8. The summed E-state index contributed by atoms with van der Waals surface area (Å²) in [5.74, 6) is -0.329. The van der Waals surface area contributed by atoms with Crippen LogP contribution in [0, 0.1) is 17.0 Å². The standard InChI is InChI=1S/C13H11NO5S/c1-10-2-5-12(6-3-10)20(17,18)9-8-11-4-7-13(19-11)14(15)16/h2-9H,1H3. The van der Waals surface area contributed by atoms with Gasteiger partial charge in [-0.05, 0) is 31.2 Å². The fraction of sp³-hybridized carbons (Fsp3) is 0.0769. The quantitative estimate of drug-likeness (QED) is 0.638. The van der Waals surface area contributed by atoms with E-state index in [1.54, 1.807) is 12.1 Å². The molecule has 104 valence electrons. The van der Waals surface area contributed by atoms with Crippen LogP contribution in [0.25, 0.3) is 6.08 Å². The summed E-state index contributed by atoms with van der Waals surface area (Å²) in [5.41, 5.74) is 0.953. The summed E-state index contributed by atoms with van der Waals surface area (Å²) >= 11 is 0. The monoisotopic (exact) mass is 293 g/mol. The average molecular weight is 293 g/mol. The number of furan rings is 1. The maximum Gasteiger partial charge on any atom is 0.433 e. The Morgan fingerprint density at radius 2 is 1.80 bits per heavy atom. The van der Waals surface area contributed by atoms with Crippen molar-refractivity contribution in [1.82, 2.24) is 0 Å². The first-order chi connectivity index (χ1) is 9.38. The molecule has 0 saturated carbocycles. The molecule has 2 aromatic rings. The van der Waals surface area contributed by atoms with Crippen molar-refractivity contribution >= 4 is 21.8 Å². The minimum Gasteiger partial charge on any atom is -0.401 e. The van der Waals surface area contributed by atoms with E-state index in [0.29, 0.717) is 0 Å². The molecule has 0 N–H and O–H groups in total. The van der Waals surface area contributed by atoms with E-state index in [9.17, 15) is 18.5 Å². The van der Waals surface area contributed by atoms with Gasteiger partial charge in [-0.25, -0.2) is 8.42 Å². The summed E-state index contributed by atoms with van der Waals surface area (Å²) in [6.45, 7) is 1.86. The third-order valence-electron chi connectivity index (χ3n) is 2.55. The molecule has 1 aromatic heterocycles. The minimum atomic E-state index is -3.60. The zero-order valence-electron chi connectivity index (χ0n) is 10.5. The number of benzene rings is 1. The third-order valence-corrected chi connectivity index (χ3v) is 3.98. The molecule has 0 saturated heterocycles. The van der Waals surface area contributed by atoms with E-state index in [1.807, 2.05) is 6.92 Å². The molecule has 0 aliphatic carbocycles. The van der Waals surface area contributed by atoms with Crippen LogP contribution in [0.4, 0.5) is 5.88 Å². The molecule has 0 fully saturated rings. The van der Waals surface area contributed by atoms with Gasteiger partial charge in [-0.1, -0.05) is 17.7 Å². The van der Waals surface area contributed by atoms with Gasteiger partial charge in [0.1, 0.15) is 10.7 Å². The highest BCUT2D eigenvalue weighted by atomic mass is 32.2. The number of sulfone groups is 1. The van der Waals surface area contributed by atoms with Crippen LogP contribution in [-0.4, -0.2) is 13.3 Å². The van der Waals surface area contributed by atoms with Gasteiger partial charge < -0.3 is 4.42 Å². The molecule has 0 amide bonds. The first-order valence-electron chi connectivity index (χ1n) is 5.62. The van der Waals surface area contributed by atoms with Gasteiger partial charge in [0.2, 0.25) is 0 Å². The fourth-order valence-electron chi connectivity index (χ4n) is 1.49. The third kappa shape index (κ3) is 3.12. The highest BCUT2D eigenvalue weighted by Crippen LogP contribution is 2.19. The summed E-state index contributed by atoms with van der Waals surface area (Å²) in [6, 6.07) is 8.88. The first kappa shape index (κ1) is 14.0. The number of rotatable bonds is 4. The molecule has 6 nitrogen and oxygen atoms in total. The van der Waals surface area contributed by atoms with Gasteiger partial charge >= 0.3 is 5.88 Å². The molecule has 0 spiro atoms. The van der Waals surface area contributed by atoms with Crippen molar-refractivity contribution in [3.8, 4) is 0 Å². The molecule has 0 unspecified atom stereocenters. The van der Waals surface area contributed by atoms with Crippen LogP contribution in [0.2, 0.25) is 0 Å². The summed E-state index contributed by atoms with van der Waals surface area (Å²) in [7, 11) is -3.60. The van der Waals surface area contributed by atoms with E-state index < -0.39 is 20.6 Å². The highest BCUT2D eigenvalue weighted by molar-refractivity contribution is 7.94. The summed E-state index contributed by atoms with van der Waals surface area (Å²) < 4.78 is 28.8. The van der Waals surface area contributed by atoms with Gasteiger partial charge in [0.15, 0.2) is 9.84 Å². The van der Waals surface area contributed by atoms with Crippen LogP contribution in [0.3, 0.4) is 0 Å². The van der Waals surface area contributed by atoms with Crippen molar-refractivity contribution in [3.63, 3.8) is 0 Å². The Bertz CT molecular complexity index is 756. The Kier molecular flexibility index (Phi) is 3.71. The normalized spacial score (nSPS) is 11.8. The van der Waals surface area contributed by atoms with Crippen molar-refractivity contribution in [3.05, 3.63) is 63.2 Å². The molecule has 0 bridgehead atoms. The molecule has 0 radical (unpaired) electrons. The molecule has 1 heterocycles. The van der Waals surface area contributed by atoms with E-state index in [4.69, 9.17) is 4.42 Å². The van der Waals surface area contributed by atoms with Crippen molar-refractivity contribution in [2.75, 3.05) is 0 Å². The van der Waals surface area contributed by atoms with E-state index in [0.717, 1.165) is 17.0 Å². The van der Waals surface area contributed by atoms with Gasteiger partial charge in [-0.15, -0.1) is 0 Å². The van der Waals surface area contributed by atoms with Gasteiger partial charge in [-0.3, -0.25) is 10.1 Å². The second-order valence-electron chi connectivity index (χ2n) is 4.09. The first-order valence-corrected chi connectivity index (χ1v) is 7.17. The van der Waals surface area contributed by atoms with Crippen LogP contribution in [0.1, 0.15) is 11.3 Å². The van der Waals surface area contributed by atoms with Crippen molar-refractivity contribution in [1.29, 1.82) is 0 Å². The number of hydrogen-bond donors (Lipinski definition) is 0. The molecule has 1 aromatic carbocycles. The van der Waals surface area contributed by atoms with Crippen molar-refractivity contribution in [2.24, 2.45) is 0 Å². The molecule has 20 heavy (non-hydrogen) atoms. The number of nitrogens with zero attached hydrogens (tertiary/aromatic N) is 1. The Labute approximate surface area is 115 Å². The van der Waals surface area contributed by atoms with Gasteiger partial charge in [0, 0.05) is 5.41 Å². The Morgan fingerprint density at radius 1 is 1.15 bits per heavy atom. The van der Waals surface area contributed by atoms with Gasteiger partial charge in [0.05, 0.1) is 11.0 Å². The van der Waals surface area contributed by atoms with Crippen molar-refractivity contribution < 1.29 is 17.8 Å². The molecular weight excluding hydrogens is 282 g/mol. The summed E-state index contributed by atoms with van der Waals surface area (Å²) in [6.07, 6.45) is 1.18. The maximum atomic E-state index is 12.0. The van der Waals surface area contributed by atoms with Crippen LogP contribution in [0.15, 0.2) is 51.1 Å². The predicted molar refractivity (Wildman–Crippen MR) is 72.8 cm³/mol. The van der Waals surface area contributed by atoms with Crippen LogP contribution < -0.4 is 0 Å². The van der Waals surface area contributed by atoms with E-state index >= 15 is 0 Å². The van der Waals surface area contributed by atoms with E-state index in [1.165, 1.54) is 24.3 Å². The van der Waals surface area contributed by atoms with Crippen LogP contribution in [-0.2, 0) is 9.84 Å². The Balaban J connectivity index is 2.25. The van der Waals surface area contributed by atoms with Gasteiger partial charge in [0.25, 0.3) is 0 Å². The van der Waals surface area contributed by atoms with Crippen LogP contribution >= 0.6 is 0 Å². The maximum absolute atomic E-state index is 12.0. The largest absolute Gasteiger partial charge is 0.433 e. The van der Waals surface area contributed by atoms with Gasteiger partial charge in [-0.2, -0.15) is 0 Å². The highest BCUT2D eigenvalue weighted by Gasteiger charge is 2.12. The second kappa shape index (κ2) is 5.30. The smallest absolute Gasteiger partial charge is 0.401 e. The second-order valence-corrected chi connectivity index (χ2v) is 5.93. The molecule has 7 heteroatoms. The minimum absolute atomic E-state index is 0.104. The topological polar surface area (TPSA) is 90.4 Å². The zero-order valence-corrected chi connectivity index (χ0v) is 11.3. The van der Waals surface area contributed by atoms with E-state index in [-0.39, 0.29) is 10.7 Å². The Morgan fingerprint density at radius 3 is 2.35 bits per heavy atom. The average Bonchev–Trinajstić information content (AvgIpc) is 2.86. The number of hydrogen-bond acceptors (Lipinski definition) is 5. The lowest BCUT2D eigenvalue weighted by molar-refractivity contribution is -0.402. The molecule has 0 atom stereocenters. The lowest BCUT2D eigenvalue weighted by Crippen LogP contribution is -1.95. The molecule has 0 aliphatic rings. The number of nitro groups is 1. The summed E-state index contributed by atoms with van der Waals surface area (Å²) in [4.78, 5) is 9.90. The molecule has 2 rings (SSSR count). The molecular formula is C13H11NO5S. The number of aryl methyl sites for hydroxylation is 1. The SMILES string of the molecule is Cc1ccc(S(=O)(=O)C=Cc2ccc([N+](=O)[O-])o2)cc1. The lowest BCUT2D eigenvalue weighted by Gasteiger charge is -1.99. The van der Waals surface area contributed by atoms with Crippen LogP contribution in [0.5, 0.6) is 0 Å². The summed E-state index contributed by atoms with van der Waals surface area (Å²) in [5, 5.41) is 11.4. The van der Waals surface area contributed by atoms with Crippen molar-refractivity contribution in [2.45, 2.75) is 11.8 Å². The fourth-order valence-corrected chi connectivity index (χ4v) is 2.48. The molecule has 0 aliphatic heterocycles. The van der Waals surface area contributed by atoms with E-state index in [2.05, 4.69) is 0 Å².